The number of methoxy groups -OCH3 is 1. The molecule has 1 heterocycles. The molecule has 1 aliphatic rings. The Morgan fingerprint density at radius 3 is 2.48 bits per heavy atom. The van der Waals surface area contributed by atoms with E-state index in [4.69, 9.17) is 4.74 Å². The van der Waals surface area contributed by atoms with Crippen LogP contribution in [0.25, 0.3) is 11.1 Å². The van der Waals surface area contributed by atoms with Gasteiger partial charge in [-0.25, -0.2) is 0 Å². The van der Waals surface area contributed by atoms with Gasteiger partial charge in [-0.05, 0) is 17.2 Å². The zero-order valence-electron chi connectivity index (χ0n) is 12.5. The molecule has 2 aromatic rings. The normalized spacial score (nSPS) is 15.9. The highest BCUT2D eigenvalue weighted by Gasteiger charge is 2.13. The lowest BCUT2D eigenvalue weighted by atomic mass is 10.0. The van der Waals surface area contributed by atoms with Crippen LogP contribution in [0.3, 0.4) is 0 Å². The zero-order valence-corrected chi connectivity index (χ0v) is 12.5. The van der Waals surface area contributed by atoms with Gasteiger partial charge in [0.05, 0.1) is 7.11 Å². The van der Waals surface area contributed by atoms with Gasteiger partial charge >= 0.3 is 0 Å². The maximum absolute atomic E-state index is 5.61. The van der Waals surface area contributed by atoms with E-state index in [0.29, 0.717) is 0 Å². The van der Waals surface area contributed by atoms with Gasteiger partial charge in [-0.3, -0.25) is 4.90 Å². The Labute approximate surface area is 126 Å². The fourth-order valence-corrected chi connectivity index (χ4v) is 2.80. The number of ether oxygens (including phenoxy) is 1. The number of benzene rings is 2. The summed E-state index contributed by atoms with van der Waals surface area (Å²) in [7, 11) is 1.76. The Hall–Kier alpha value is -1.84. The predicted octanol–water partition coefficient (Wildman–Crippen LogP) is 2.77. The highest BCUT2D eigenvalue weighted by molar-refractivity contribution is 5.66. The van der Waals surface area contributed by atoms with Crippen molar-refractivity contribution in [2.75, 3.05) is 33.3 Å². The molecule has 0 radical (unpaired) electrons. The summed E-state index contributed by atoms with van der Waals surface area (Å²) in [5, 5.41) is 3.39. The van der Waals surface area contributed by atoms with Crippen LogP contribution in [-0.2, 0) is 6.54 Å². The molecule has 1 saturated heterocycles. The van der Waals surface area contributed by atoms with E-state index in [2.05, 4.69) is 52.7 Å². The lowest BCUT2D eigenvalue weighted by Crippen LogP contribution is -2.42. The van der Waals surface area contributed by atoms with Crippen LogP contribution in [0.4, 0.5) is 0 Å². The molecule has 1 N–H and O–H groups in total. The number of hydrogen-bond donors (Lipinski definition) is 1. The molecule has 1 aliphatic heterocycles. The van der Waals surface area contributed by atoms with Gasteiger partial charge in [0.1, 0.15) is 5.75 Å². The van der Waals surface area contributed by atoms with E-state index in [1.165, 1.54) is 16.7 Å². The fraction of sp³-hybridized carbons (Fsp3) is 0.333. The number of nitrogens with one attached hydrogen (secondary N) is 1. The summed E-state index contributed by atoms with van der Waals surface area (Å²) in [4.78, 5) is 2.47. The number of nitrogens with zero attached hydrogens (tertiary/aromatic N) is 1. The van der Waals surface area contributed by atoms with Crippen LogP contribution in [0, 0.1) is 0 Å². The molecule has 0 saturated carbocycles. The molecular formula is C18H22N2O. The van der Waals surface area contributed by atoms with Crippen LogP contribution < -0.4 is 10.1 Å². The summed E-state index contributed by atoms with van der Waals surface area (Å²) in [6, 6.07) is 17.0. The Balaban J connectivity index is 1.82. The van der Waals surface area contributed by atoms with Crippen LogP contribution in [-0.4, -0.2) is 38.2 Å². The quantitative estimate of drug-likeness (QED) is 0.933. The first-order valence-electron chi connectivity index (χ1n) is 7.52. The topological polar surface area (TPSA) is 24.5 Å². The molecule has 0 atom stereocenters. The first-order chi connectivity index (χ1) is 10.4. The minimum Gasteiger partial charge on any atom is -0.496 e. The molecule has 0 amide bonds. The van der Waals surface area contributed by atoms with Crippen LogP contribution in [0.1, 0.15) is 5.56 Å². The summed E-state index contributed by atoms with van der Waals surface area (Å²) in [6.07, 6.45) is 0. The summed E-state index contributed by atoms with van der Waals surface area (Å²) in [6.45, 7) is 5.31. The third-order valence-corrected chi connectivity index (χ3v) is 4.00. The van der Waals surface area contributed by atoms with Crippen molar-refractivity contribution in [3.8, 4) is 16.9 Å². The second kappa shape index (κ2) is 6.74. The first kappa shape index (κ1) is 14.1. The molecular weight excluding hydrogens is 260 g/mol. The van der Waals surface area contributed by atoms with Gasteiger partial charge < -0.3 is 10.1 Å². The second-order valence-electron chi connectivity index (χ2n) is 5.42. The van der Waals surface area contributed by atoms with Crippen molar-refractivity contribution in [3.63, 3.8) is 0 Å². The summed E-state index contributed by atoms with van der Waals surface area (Å²) >= 11 is 0. The van der Waals surface area contributed by atoms with Gasteiger partial charge in [0.2, 0.25) is 0 Å². The molecule has 3 rings (SSSR count). The molecule has 0 unspecified atom stereocenters. The SMILES string of the molecule is COc1cc(-c2ccccc2)ccc1CN1CCNCC1. The number of hydrogen-bond acceptors (Lipinski definition) is 3. The molecule has 3 heteroatoms. The average molecular weight is 282 g/mol. The van der Waals surface area contributed by atoms with Crippen LogP contribution in [0.2, 0.25) is 0 Å². The van der Waals surface area contributed by atoms with Crippen molar-refractivity contribution >= 4 is 0 Å². The van der Waals surface area contributed by atoms with E-state index < -0.39 is 0 Å². The van der Waals surface area contributed by atoms with Crippen LogP contribution in [0.5, 0.6) is 5.75 Å². The Morgan fingerprint density at radius 1 is 1.00 bits per heavy atom. The van der Waals surface area contributed by atoms with Crippen molar-refractivity contribution < 1.29 is 4.74 Å². The third-order valence-electron chi connectivity index (χ3n) is 4.00. The average Bonchev–Trinajstić information content (AvgIpc) is 2.57. The molecule has 110 valence electrons. The lowest BCUT2D eigenvalue weighted by molar-refractivity contribution is 0.230. The molecule has 0 aliphatic carbocycles. The second-order valence-corrected chi connectivity index (χ2v) is 5.42. The highest BCUT2D eigenvalue weighted by Crippen LogP contribution is 2.28. The zero-order chi connectivity index (χ0) is 14.5. The van der Waals surface area contributed by atoms with Crippen LogP contribution in [0.15, 0.2) is 48.5 Å². The van der Waals surface area contributed by atoms with Crippen molar-refractivity contribution in [2.45, 2.75) is 6.54 Å². The van der Waals surface area contributed by atoms with Crippen molar-refractivity contribution in [2.24, 2.45) is 0 Å². The van der Waals surface area contributed by atoms with Gasteiger partial charge in [0.25, 0.3) is 0 Å². The van der Waals surface area contributed by atoms with Gasteiger partial charge in [-0.2, -0.15) is 0 Å². The molecule has 2 aromatic carbocycles. The largest absolute Gasteiger partial charge is 0.496 e. The minimum atomic E-state index is 0.958. The first-order valence-corrected chi connectivity index (χ1v) is 7.52. The van der Waals surface area contributed by atoms with E-state index in [0.717, 1.165) is 38.5 Å². The van der Waals surface area contributed by atoms with Gasteiger partial charge in [0.15, 0.2) is 0 Å². The fourth-order valence-electron chi connectivity index (χ4n) is 2.80. The van der Waals surface area contributed by atoms with E-state index in [1.807, 2.05) is 6.07 Å². The van der Waals surface area contributed by atoms with Gasteiger partial charge in [-0.1, -0.05) is 42.5 Å². The monoisotopic (exact) mass is 282 g/mol. The van der Waals surface area contributed by atoms with Gasteiger partial charge in [0, 0.05) is 38.3 Å². The summed E-state index contributed by atoms with van der Waals surface area (Å²) in [5.41, 5.74) is 3.69. The predicted molar refractivity (Wildman–Crippen MR) is 86.6 cm³/mol. The molecule has 1 fully saturated rings. The lowest BCUT2D eigenvalue weighted by Gasteiger charge is -2.27. The van der Waals surface area contributed by atoms with E-state index in [1.54, 1.807) is 7.11 Å². The Kier molecular flexibility index (Phi) is 4.53. The molecule has 21 heavy (non-hydrogen) atoms. The third kappa shape index (κ3) is 3.43. The maximum atomic E-state index is 5.61. The van der Waals surface area contributed by atoms with E-state index >= 15 is 0 Å². The molecule has 0 spiro atoms. The Bertz CT molecular complexity index is 577. The van der Waals surface area contributed by atoms with Crippen LogP contribution >= 0.6 is 0 Å². The van der Waals surface area contributed by atoms with Crippen molar-refractivity contribution in [1.29, 1.82) is 0 Å². The molecule has 3 nitrogen and oxygen atoms in total. The van der Waals surface area contributed by atoms with Crippen molar-refractivity contribution in [1.82, 2.24) is 10.2 Å². The maximum Gasteiger partial charge on any atom is 0.123 e. The van der Waals surface area contributed by atoms with Crippen molar-refractivity contribution in [3.05, 3.63) is 54.1 Å². The standard InChI is InChI=1S/C18H22N2O/c1-21-18-13-16(15-5-3-2-4-6-15)7-8-17(18)14-20-11-9-19-10-12-20/h2-8,13,19H,9-12,14H2,1H3. The van der Waals surface area contributed by atoms with E-state index in [-0.39, 0.29) is 0 Å². The van der Waals surface area contributed by atoms with Gasteiger partial charge in [-0.15, -0.1) is 0 Å². The van der Waals surface area contributed by atoms with E-state index in [9.17, 15) is 0 Å². The summed E-state index contributed by atoms with van der Waals surface area (Å²) in [5.74, 6) is 0.981. The summed E-state index contributed by atoms with van der Waals surface area (Å²) < 4.78 is 5.61. The Morgan fingerprint density at radius 2 is 1.76 bits per heavy atom. The smallest absolute Gasteiger partial charge is 0.123 e. The highest BCUT2D eigenvalue weighted by atomic mass is 16.5. The number of piperazine rings is 1. The minimum absolute atomic E-state index is 0.958. The molecule has 0 aromatic heterocycles. The number of rotatable bonds is 4. The molecule has 0 bridgehead atoms.